The van der Waals surface area contributed by atoms with Crippen molar-refractivity contribution in [2.24, 2.45) is 7.05 Å². The minimum Gasteiger partial charge on any atom is -0.388 e. The van der Waals surface area contributed by atoms with Crippen LogP contribution in [0.1, 0.15) is 17.4 Å². The zero-order chi connectivity index (χ0) is 17.4. The molecule has 3 rings (SSSR count). The molecule has 9 heteroatoms. The Morgan fingerprint density at radius 1 is 1.21 bits per heavy atom. The second kappa shape index (κ2) is 6.06. The van der Waals surface area contributed by atoms with Crippen LogP contribution < -0.4 is 16.8 Å². The molecule has 0 spiro atoms. The number of aromatic nitrogens is 4. The molecule has 0 saturated heterocycles. The Morgan fingerprint density at radius 3 is 2.62 bits per heavy atom. The first-order valence-corrected chi connectivity index (χ1v) is 7.41. The molecule has 0 unspecified atom stereocenters. The van der Waals surface area contributed by atoms with E-state index in [1.165, 1.54) is 7.05 Å². The van der Waals surface area contributed by atoms with Crippen LogP contribution in [0.3, 0.4) is 0 Å². The van der Waals surface area contributed by atoms with E-state index < -0.39 is 22.9 Å². The van der Waals surface area contributed by atoms with Crippen LogP contribution in [-0.2, 0) is 13.5 Å². The average molecular weight is 349 g/mol. The SMILES string of the molecule is Cn1c(=O)[nH]c(=O)c2nc(C[C@@H](O)c3ccccc3Cl)c(=O)[nH]c21. The number of aryl methyl sites for hydroxylation is 1. The number of benzene rings is 1. The van der Waals surface area contributed by atoms with E-state index in [4.69, 9.17) is 11.6 Å². The van der Waals surface area contributed by atoms with Crippen molar-refractivity contribution < 1.29 is 5.11 Å². The van der Waals surface area contributed by atoms with Gasteiger partial charge in [0, 0.05) is 18.5 Å². The van der Waals surface area contributed by atoms with Gasteiger partial charge >= 0.3 is 5.69 Å². The summed E-state index contributed by atoms with van der Waals surface area (Å²) in [6.45, 7) is 0. The van der Waals surface area contributed by atoms with E-state index in [1.54, 1.807) is 24.3 Å². The van der Waals surface area contributed by atoms with Gasteiger partial charge in [0.25, 0.3) is 11.1 Å². The van der Waals surface area contributed by atoms with Crippen molar-refractivity contribution in [2.45, 2.75) is 12.5 Å². The molecule has 24 heavy (non-hydrogen) atoms. The van der Waals surface area contributed by atoms with Crippen molar-refractivity contribution >= 4 is 22.8 Å². The van der Waals surface area contributed by atoms with Crippen LogP contribution in [0.5, 0.6) is 0 Å². The van der Waals surface area contributed by atoms with E-state index in [0.29, 0.717) is 10.6 Å². The molecule has 0 fully saturated rings. The number of hydrogen-bond acceptors (Lipinski definition) is 5. The second-order valence-corrected chi connectivity index (χ2v) is 5.68. The fourth-order valence-corrected chi connectivity index (χ4v) is 2.66. The number of rotatable bonds is 3. The summed E-state index contributed by atoms with van der Waals surface area (Å²) in [5.74, 6) is 0. The molecular formula is C15H13ClN4O4. The minimum absolute atomic E-state index is 0.0183. The molecule has 0 aliphatic rings. The van der Waals surface area contributed by atoms with Crippen molar-refractivity contribution in [2.75, 3.05) is 0 Å². The van der Waals surface area contributed by atoms with E-state index in [0.717, 1.165) is 4.57 Å². The largest absolute Gasteiger partial charge is 0.388 e. The summed E-state index contributed by atoms with van der Waals surface area (Å²) in [4.78, 5) is 44.2. The van der Waals surface area contributed by atoms with Gasteiger partial charge in [-0.25, -0.2) is 9.78 Å². The molecule has 0 aliphatic heterocycles. The molecule has 0 radical (unpaired) electrons. The van der Waals surface area contributed by atoms with Crippen LogP contribution in [0, 0.1) is 0 Å². The van der Waals surface area contributed by atoms with Crippen LogP contribution in [-0.4, -0.2) is 24.6 Å². The van der Waals surface area contributed by atoms with Gasteiger partial charge in [-0.2, -0.15) is 0 Å². The van der Waals surface area contributed by atoms with E-state index in [2.05, 4.69) is 15.0 Å². The zero-order valence-corrected chi connectivity index (χ0v) is 13.3. The van der Waals surface area contributed by atoms with Crippen LogP contribution in [0.25, 0.3) is 11.2 Å². The second-order valence-electron chi connectivity index (χ2n) is 5.27. The van der Waals surface area contributed by atoms with Gasteiger partial charge in [0.2, 0.25) is 0 Å². The molecular weight excluding hydrogens is 336 g/mol. The van der Waals surface area contributed by atoms with Crippen molar-refractivity contribution in [3.63, 3.8) is 0 Å². The highest BCUT2D eigenvalue weighted by Gasteiger charge is 2.17. The third-order valence-electron chi connectivity index (χ3n) is 3.69. The summed E-state index contributed by atoms with van der Waals surface area (Å²) >= 11 is 6.02. The first kappa shape index (κ1) is 16.2. The number of nitrogens with one attached hydrogen (secondary N) is 2. The van der Waals surface area contributed by atoms with Gasteiger partial charge in [0.05, 0.1) is 6.10 Å². The quantitative estimate of drug-likeness (QED) is 0.626. The summed E-state index contributed by atoms with van der Waals surface area (Å²) < 4.78 is 1.08. The lowest BCUT2D eigenvalue weighted by atomic mass is 10.1. The normalized spacial score (nSPS) is 12.5. The van der Waals surface area contributed by atoms with Crippen LogP contribution in [0.2, 0.25) is 5.02 Å². The van der Waals surface area contributed by atoms with E-state index >= 15 is 0 Å². The number of halogens is 1. The third-order valence-corrected chi connectivity index (χ3v) is 4.04. The highest BCUT2D eigenvalue weighted by Crippen LogP contribution is 2.24. The van der Waals surface area contributed by atoms with Crippen molar-refractivity contribution in [1.82, 2.24) is 19.5 Å². The Kier molecular flexibility index (Phi) is 4.08. The van der Waals surface area contributed by atoms with Gasteiger partial charge in [-0.05, 0) is 11.6 Å². The first-order valence-electron chi connectivity index (χ1n) is 7.03. The molecule has 0 saturated carbocycles. The minimum atomic E-state index is -1.06. The number of aromatic amines is 2. The molecule has 8 nitrogen and oxygen atoms in total. The molecule has 2 aromatic heterocycles. The van der Waals surface area contributed by atoms with Crippen LogP contribution >= 0.6 is 11.6 Å². The molecule has 0 aliphatic carbocycles. The number of aliphatic hydroxyl groups excluding tert-OH is 1. The van der Waals surface area contributed by atoms with Crippen LogP contribution in [0.4, 0.5) is 0 Å². The summed E-state index contributed by atoms with van der Waals surface area (Å²) in [7, 11) is 1.40. The average Bonchev–Trinajstić information content (AvgIpc) is 2.54. The lowest BCUT2D eigenvalue weighted by Crippen LogP contribution is -2.32. The van der Waals surface area contributed by atoms with Gasteiger partial charge in [0.1, 0.15) is 11.3 Å². The molecule has 124 valence electrons. The smallest absolute Gasteiger partial charge is 0.329 e. The van der Waals surface area contributed by atoms with Crippen molar-refractivity contribution in [1.29, 1.82) is 0 Å². The molecule has 1 aromatic carbocycles. The number of aliphatic hydroxyl groups is 1. The van der Waals surface area contributed by atoms with Gasteiger partial charge < -0.3 is 10.1 Å². The molecule has 0 amide bonds. The Labute approximate surface area is 139 Å². The summed E-state index contributed by atoms with van der Waals surface area (Å²) in [6, 6.07) is 6.69. The Bertz CT molecular complexity index is 1100. The molecule has 0 bridgehead atoms. The third kappa shape index (κ3) is 2.77. The highest BCUT2D eigenvalue weighted by molar-refractivity contribution is 6.31. The molecule has 2 heterocycles. The molecule has 3 N–H and O–H groups in total. The maximum Gasteiger partial charge on any atom is 0.329 e. The maximum atomic E-state index is 12.2. The molecule has 3 aromatic rings. The Hall–Kier alpha value is -2.71. The zero-order valence-electron chi connectivity index (χ0n) is 12.5. The number of nitrogens with zero attached hydrogens (tertiary/aromatic N) is 2. The fraction of sp³-hybridized carbons (Fsp3) is 0.200. The van der Waals surface area contributed by atoms with Crippen molar-refractivity contribution in [3.05, 3.63) is 71.7 Å². The summed E-state index contributed by atoms with van der Waals surface area (Å²) in [5.41, 5.74) is -1.60. The van der Waals surface area contributed by atoms with Gasteiger partial charge in [-0.15, -0.1) is 0 Å². The predicted molar refractivity (Wildman–Crippen MR) is 88.3 cm³/mol. The monoisotopic (exact) mass is 348 g/mol. The summed E-state index contributed by atoms with van der Waals surface area (Å²) in [5, 5.41) is 10.7. The van der Waals surface area contributed by atoms with Gasteiger partial charge in [-0.1, -0.05) is 29.8 Å². The standard InChI is InChI=1S/C15H13ClN4O4/c1-20-12-11(14(23)19-15(20)24)17-9(13(22)18-12)6-10(21)7-4-2-3-5-8(7)16/h2-5,10,21H,6H2,1H3,(H,18,22)(H,19,23,24)/t10-/m1/s1. The summed E-state index contributed by atoms with van der Waals surface area (Å²) in [6.07, 6.45) is -1.19. The Balaban J connectivity index is 2.10. The topological polar surface area (TPSA) is 121 Å². The van der Waals surface area contributed by atoms with E-state index in [9.17, 15) is 19.5 Å². The van der Waals surface area contributed by atoms with Crippen LogP contribution in [0.15, 0.2) is 38.6 Å². The number of H-pyrrole nitrogens is 2. The van der Waals surface area contributed by atoms with Gasteiger partial charge in [0.15, 0.2) is 5.52 Å². The predicted octanol–water partition coefficient (Wildman–Crippen LogP) is 0.240. The van der Waals surface area contributed by atoms with E-state index in [1.807, 2.05) is 0 Å². The Morgan fingerprint density at radius 2 is 1.92 bits per heavy atom. The maximum absolute atomic E-state index is 12.2. The number of fused-ring (bicyclic) bond motifs is 1. The van der Waals surface area contributed by atoms with Gasteiger partial charge in [-0.3, -0.25) is 19.1 Å². The lowest BCUT2D eigenvalue weighted by Gasteiger charge is -2.12. The fourth-order valence-electron chi connectivity index (χ4n) is 2.40. The van der Waals surface area contributed by atoms with Crippen molar-refractivity contribution in [3.8, 4) is 0 Å². The molecule has 1 atom stereocenters. The lowest BCUT2D eigenvalue weighted by molar-refractivity contribution is 0.177. The highest BCUT2D eigenvalue weighted by atomic mass is 35.5. The number of hydrogen-bond donors (Lipinski definition) is 3. The van der Waals surface area contributed by atoms with E-state index in [-0.39, 0.29) is 23.3 Å². The first-order chi connectivity index (χ1) is 11.4.